The SMILES string of the molecule is CCCC(=O)c1ccccc1OCC. The maximum atomic E-state index is 11.7. The van der Waals surface area contributed by atoms with Crippen LogP contribution in [0, 0.1) is 0 Å². The number of para-hydroxylation sites is 1. The van der Waals surface area contributed by atoms with Gasteiger partial charge < -0.3 is 4.74 Å². The van der Waals surface area contributed by atoms with Gasteiger partial charge in [0.15, 0.2) is 5.78 Å². The van der Waals surface area contributed by atoms with Gasteiger partial charge in [-0.05, 0) is 25.5 Å². The molecule has 0 atom stereocenters. The summed E-state index contributed by atoms with van der Waals surface area (Å²) in [5.41, 5.74) is 0.705. The van der Waals surface area contributed by atoms with E-state index in [1.54, 1.807) is 0 Å². The average Bonchev–Trinajstić information content (AvgIpc) is 2.19. The number of hydrogen-bond acceptors (Lipinski definition) is 2. The summed E-state index contributed by atoms with van der Waals surface area (Å²) in [5.74, 6) is 0.866. The fraction of sp³-hybridized carbons (Fsp3) is 0.417. The molecule has 0 N–H and O–H groups in total. The molecule has 2 heteroatoms. The third-order valence-electron chi connectivity index (χ3n) is 1.96. The molecule has 14 heavy (non-hydrogen) atoms. The van der Waals surface area contributed by atoms with Crippen LogP contribution in [0.15, 0.2) is 24.3 Å². The van der Waals surface area contributed by atoms with E-state index >= 15 is 0 Å². The second-order valence-corrected chi connectivity index (χ2v) is 3.10. The molecule has 0 aliphatic heterocycles. The first-order valence-electron chi connectivity index (χ1n) is 5.04. The first-order chi connectivity index (χ1) is 6.79. The van der Waals surface area contributed by atoms with E-state index in [1.807, 2.05) is 38.1 Å². The van der Waals surface area contributed by atoms with E-state index in [-0.39, 0.29) is 5.78 Å². The van der Waals surface area contributed by atoms with Gasteiger partial charge in [-0.3, -0.25) is 4.79 Å². The van der Waals surface area contributed by atoms with Gasteiger partial charge in [-0.25, -0.2) is 0 Å². The Hall–Kier alpha value is -1.31. The highest BCUT2D eigenvalue weighted by molar-refractivity contribution is 5.98. The largest absolute Gasteiger partial charge is 0.493 e. The number of hydrogen-bond donors (Lipinski definition) is 0. The van der Waals surface area contributed by atoms with Crippen LogP contribution in [-0.4, -0.2) is 12.4 Å². The highest BCUT2D eigenvalue weighted by Crippen LogP contribution is 2.19. The van der Waals surface area contributed by atoms with Crippen molar-refractivity contribution in [2.75, 3.05) is 6.61 Å². The van der Waals surface area contributed by atoms with Crippen LogP contribution in [0.1, 0.15) is 37.0 Å². The summed E-state index contributed by atoms with van der Waals surface area (Å²) in [6.45, 7) is 4.51. The smallest absolute Gasteiger partial charge is 0.166 e. The van der Waals surface area contributed by atoms with E-state index in [2.05, 4.69) is 0 Å². The normalized spacial score (nSPS) is 9.86. The first kappa shape index (κ1) is 10.8. The lowest BCUT2D eigenvalue weighted by Crippen LogP contribution is -2.03. The van der Waals surface area contributed by atoms with Crippen LogP contribution < -0.4 is 4.74 Å². The van der Waals surface area contributed by atoms with E-state index in [4.69, 9.17) is 4.74 Å². The molecule has 0 bridgehead atoms. The average molecular weight is 192 g/mol. The molecule has 0 saturated carbocycles. The third kappa shape index (κ3) is 2.59. The van der Waals surface area contributed by atoms with Gasteiger partial charge in [0.25, 0.3) is 0 Å². The maximum Gasteiger partial charge on any atom is 0.166 e. The molecule has 1 rings (SSSR count). The fourth-order valence-corrected chi connectivity index (χ4v) is 1.34. The van der Waals surface area contributed by atoms with E-state index in [9.17, 15) is 4.79 Å². The zero-order valence-corrected chi connectivity index (χ0v) is 8.75. The minimum absolute atomic E-state index is 0.163. The van der Waals surface area contributed by atoms with Crippen LogP contribution in [0.25, 0.3) is 0 Å². The van der Waals surface area contributed by atoms with Gasteiger partial charge in [0, 0.05) is 6.42 Å². The second-order valence-electron chi connectivity index (χ2n) is 3.10. The lowest BCUT2D eigenvalue weighted by atomic mass is 10.1. The first-order valence-corrected chi connectivity index (χ1v) is 5.04. The number of carbonyl (C=O) groups excluding carboxylic acids is 1. The van der Waals surface area contributed by atoms with Crippen molar-refractivity contribution in [3.05, 3.63) is 29.8 Å². The summed E-state index contributed by atoms with van der Waals surface area (Å²) in [6.07, 6.45) is 1.46. The molecule has 0 fully saturated rings. The molecule has 0 aromatic heterocycles. The molecule has 0 radical (unpaired) electrons. The standard InChI is InChI=1S/C12H16O2/c1-3-7-11(13)10-8-5-6-9-12(10)14-4-2/h5-6,8-9H,3-4,7H2,1-2H3. The fourth-order valence-electron chi connectivity index (χ4n) is 1.34. The van der Waals surface area contributed by atoms with Crippen molar-refractivity contribution < 1.29 is 9.53 Å². The number of Topliss-reactive ketones (excluding diaryl/α,β-unsaturated/α-hetero) is 1. The lowest BCUT2D eigenvalue weighted by Gasteiger charge is -2.08. The highest BCUT2D eigenvalue weighted by atomic mass is 16.5. The number of ketones is 1. The zero-order chi connectivity index (χ0) is 10.4. The van der Waals surface area contributed by atoms with Crippen molar-refractivity contribution >= 4 is 5.78 Å². The molecule has 0 saturated heterocycles. The van der Waals surface area contributed by atoms with Crippen LogP contribution >= 0.6 is 0 Å². The highest BCUT2D eigenvalue weighted by Gasteiger charge is 2.09. The molecule has 0 unspecified atom stereocenters. The Labute approximate surface area is 84.9 Å². The van der Waals surface area contributed by atoms with Gasteiger partial charge in [-0.15, -0.1) is 0 Å². The Morgan fingerprint density at radius 2 is 2.00 bits per heavy atom. The van der Waals surface area contributed by atoms with Crippen molar-refractivity contribution in [3.63, 3.8) is 0 Å². The summed E-state index contributed by atoms with van der Waals surface area (Å²) >= 11 is 0. The van der Waals surface area contributed by atoms with Crippen LogP contribution in [0.5, 0.6) is 5.75 Å². The third-order valence-corrected chi connectivity index (χ3v) is 1.96. The van der Waals surface area contributed by atoms with Gasteiger partial charge in [-0.2, -0.15) is 0 Å². The van der Waals surface area contributed by atoms with Crippen LogP contribution in [-0.2, 0) is 0 Å². The van der Waals surface area contributed by atoms with Gasteiger partial charge in [-0.1, -0.05) is 19.1 Å². The Balaban J connectivity index is 2.88. The number of ether oxygens (including phenoxy) is 1. The predicted octanol–water partition coefficient (Wildman–Crippen LogP) is 3.07. The van der Waals surface area contributed by atoms with Crippen LogP contribution in [0.4, 0.5) is 0 Å². The number of carbonyl (C=O) groups is 1. The molecule has 0 spiro atoms. The van der Waals surface area contributed by atoms with Gasteiger partial charge >= 0.3 is 0 Å². The monoisotopic (exact) mass is 192 g/mol. The summed E-state index contributed by atoms with van der Waals surface area (Å²) in [6, 6.07) is 7.41. The Morgan fingerprint density at radius 1 is 1.29 bits per heavy atom. The summed E-state index contributed by atoms with van der Waals surface area (Å²) in [7, 11) is 0. The van der Waals surface area contributed by atoms with Crippen LogP contribution in [0.3, 0.4) is 0 Å². The second kappa shape index (κ2) is 5.43. The maximum absolute atomic E-state index is 11.7. The lowest BCUT2D eigenvalue weighted by molar-refractivity contribution is 0.0978. The zero-order valence-electron chi connectivity index (χ0n) is 8.75. The topological polar surface area (TPSA) is 26.3 Å². The molecule has 2 nitrogen and oxygen atoms in total. The summed E-state index contributed by atoms with van der Waals surface area (Å²) < 4.78 is 5.38. The van der Waals surface area contributed by atoms with E-state index < -0.39 is 0 Å². The van der Waals surface area contributed by atoms with Crippen molar-refractivity contribution in [2.45, 2.75) is 26.7 Å². The quantitative estimate of drug-likeness (QED) is 0.670. The van der Waals surface area contributed by atoms with Crippen LogP contribution in [0.2, 0.25) is 0 Å². The number of rotatable bonds is 5. The molecule has 0 amide bonds. The molecule has 0 aliphatic carbocycles. The summed E-state index contributed by atoms with van der Waals surface area (Å²) in [5, 5.41) is 0. The molecule has 0 aliphatic rings. The van der Waals surface area contributed by atoms with E-state index in [0.717, 1.165) is 6.42 Å². The Bertz CT molecular complexity index is 305. The summed E-state index contributed by atoms with van der Waals surface area (Å²) in [4.78, 5) is 11.7. The van der Waals surface area contributed by atoms with Crippen molar-refractivity contribution in [2.24, 2.45) is 0 Å². The predicted molar refractivity (Wildman–Crippen MR) is 56.8 cm³/mol. The Morgan fingerprint density at radius 3 is 2.64 bits per heavy atom. The molecule has 1 aromatic rings. The van der Waals surface area contributed by atoms with Crippen molar-refractivity contribution in [3.8, 4) is 5.75 Å². The molecule has 0 heterocycles. The minimum atomic E-state index is 0.163. The molecular weight excluding hydrogens is 176 g/mol. The van der Waals surface area contributed by atoms with Crippen molar-refractivity contribution in [1.29, 1.82) is 0 Å². The Kier molecular flexibility index (Phi) is 4.17. The van der Waals surface area contributed by atoms with E-state index in [0.29, 0.717) is 24.3 Å². The van der Waals surface area contributed by atoms with Crippen molar-refractivity contribution in [1.82, 2.24) is 0 Å². The van der Waals surface area contributed by atoms with Gasteiger partial charge in [0.05, 0.1) is 12.2 Å². The van der Waals surface area contributed by atoms with Gasteiger partial charge in [0.2, 0.25) is 0 Å². The van der Waals surface area contributed by atoms with E-state index in [1.165, 1.54) is 0 Å². The molecular formula is C12H16O2. The molecule has 1 aromatic carbocycles. The molecule has 76 valence electrons. The number of benzene rings is 1. The minimum Gasteiger partial charge on any atom is -0.493 e. The van der Waals surface area contributed by atoms with Gasteiger partial charge in [0.1, 0.15) is 5.75 Å².